The smallest absolute Gasteiger partial charge is 0.225 e. The summed E-state index contributed by atoms with van der Waals surface area (Å²) in [5.41, 5.74) is 0.113. The zero-order valence-electron chi connectivity index (χ0n) is 13.8. The summed E-state index contributed by atoms with van der Waals surface area (Å²) in [6.45, 7) is 5.03. The number of hydrogen-bond acceptors (Lipinski definition) is 4. The average molecular weight is 318 g/mol. The van der Waals surface area contributed by atoms with Gasteiger partial charge >= 0.3 is 0 Å². The quantitative estimate of drug-likeness (QED) is 0.879. The number of rotatable bonds is 4. The number of β-amino-alcohol motifs (C(OH)–C–C–N with tert-alkyl or cyclic N) is 1. The molecule has 1 amide bonds. The fourth-order valence-electron chi connectivity index (χ4n) is 3.42. The molecule has 2 aliphatic rings. The molecule has 2 aliphatic heterocycles. The van der Waals surface area contributed by atoms with Crippen molar-refractivity contribution in [3.8, 4) is 5.75 Å². The molecule has 0 unspecified atom stereocenters. The normalized spacial score (nSPS) is 25.6. The van der Waals surface area contributed by atoms with Crippen LogP contribution in [0.5, 0.6) is 5.75 Å². The van der Waals surface area contributed by atoms with E-state index in [1.165, 1.54) is 0 Å². The Kier molecular flexibility index (Phi) is 4.87. The number of hydrogen-bond donors (Lipinski definition) is 2. The topological polar surface area (TPSA) is 61.8 Å². The van der Waals surface area contributed by atoms with Crippen LogP contribution in [-0.2, 0) is 4.79 Å². The third-order valence-electron chi connectivity index (χ3n) is 4.92. The van der Waals surface area contributed by atoms with Crippen LogP contribution in [0.15, 0.2) is 24.3 Å². The first-order valence-corrected chi connectivity index (χ1v) is 8.48. The minimum atomic E-state index is -0.940. The highest BCUT2D eigenvalue weighted by molar-refractivity contribution is 5.79. The van der Waals surface area contributed by atoms with Crippen LogP contribution in [0.1, 0.15) is 24.8 Å². The number of likely N-dealkylation sites (tertiary alicyclic amines) is 1. The molecule has 0 bridgehead atoms. The summed E-state index contributed by atoms with van der Waals surface area (Å²) in [5, 5.41) is 14.0. The number of nitrogens with zero attached hydrogens (tertiary/aromatic N) is 1. The fraction of sp³-hybridized carbons (Fsp3) is 0.611. The molecule has 126 valence electrons. The Hall–Kier alpha value is -1.59. The third-order valence-corrected chi connectivity index (χ3v) is 4.92. The molecule has 1 aromatic rings. The van der Waals surface area contributed by atoms with Crippen molar-refractivity contribution in [2.24, 2.45) is 5.92 Å². The lowest BCUT2D eigenvalue weighted by Crippen LogP contribution is -2.44. The molecule has 2 heterocycles. The van der Waals surface area contributed by atoms with Crippen LogP contribution in [-0.4, -0.2) is 54.3 Å². The van der Waals surface area contributed by atoms with E-state index < -0.39 is 5.60 Å². The fourth-order valence-corrected chi connectivity index (χ4v) is 3.42. The molecule has 1 atom stereocenters. The molecule has 2 saturated heterocycles. The first-order chi connectivity index (χ1) is 11.1. The van der Waals surface area contributed by atoms with Gasteiger partial charge in [-0.25, -0.2) is 0 Å². The van der Waals surface area contributed by atoms with Gasteiger partial charge in [0.1, 0.15) is 18.0 Å². The van der Waals surface area contributed by atoms with E-state index in [0.29, 0.717) is 19.5 Å². The standard InChI is InChI=1S/C18H26N2O3/c1-14-4-2-3-5-16(14)23-13-18(22)8-11-20(12-18)17(21)15-6-9-19-10-7-15/h2-5,15,19,22H,6-13H2,1H3/t18-/m0/s1. The van der Waals surface area contributed by atoms with E-state index >= 15 is 0 Å². The molecular formula is C18H26N2O3. The largest absolute Gasteiger partial charge is 0.490 e. The second kappa shape index (κ2) is 6.89. The highest BCUT2D eigenvalue weighted by Gasteiger charge is 2.40. The van der Waals surface area contributed by atoms with Gasteiger partial charge in [0, 0.05) is 12.5 Å². The Labute approximate surface area is 137 Å². The molecule has 2 fully saturated rings. The van der Waals surface area contributed by atoms with Crippen LogP contribution in [0.25, 0.3) is 0 Å². The molecule has 0 spiro atoms. The lowest BCUT2D eigenvalue weighted by Gasteiger charge is -2.28. The molecule has 0 radical (unpaired) electrons. The Morgan fingerprint density at radius 2 is 2.13 bits per heavy atom. The van der Waals surface area contributed by atoms with Crippen LogP contribution >= 0.6 is 0 Å². The van der Waals surface area contributed by atoms with Crippen LogP contribution in [0.4, 0.5) is 0 Å². The first kappa shape index (κ1) is 16.3. The second-order valence-electron chi connectivity index (χ2n) is 6.81. The van der Waals surface area contributed by atoms with Crippen molar-refractivity contribution in [1.29, 1.82) is 0 Å². The molecule has 2 N–H and O–H groups in total. The van der Waals surface area contributed by atoms with Crippen LogP contribution in [0.2, 0.25) is 0 Å². The molecule has 5 heteroatoms. The zero-order valence-corrected chi connectivity index (χ0v) is 13.8. The van der Waals surface area contributed by atoms with Gasteiger partial charge < -0.3 is 20.1 Å². The molecule has 23 heavy (non-hydrogen) atoms. The number of benzene rings is 1. The highest BCUT2D eigenvalue weighted by Crippen LogP contribution is 2.27. The lowest BCUT2D eigenvalue weighted by atomic mass is 9.96. The number of aryl methyl sites for hydroxylation is 1. The van der Waals surface area contributed by atoms with E-state index in [9.17, 15) is 9.90 Å². The van der Waals surface area contributed by atoms with Gasteiger partial charge in [-0.1, -0.05) is 18.2 Å². The number of piperidine rings is 1. The number of amides is 1. The van der Waals surface area contributed by atoms with Gasteiger partial charge in [0.2, 0.25) is 5.91 Å². The molecule has 0 aliphatic carbocycles. The van der Waals surface area contributed by atoms with E-state index in [1.54, 1.807) is 0 Å². The van der Waals surface area contributed by atoms with Crippen molar-refractivity contribution in [1.82, 2.24) is 10.2 Å². The highest BCUT2D eigenvalue weighted by atomic mass is 16.5. The number of nitrogens with one attached hydrogen (secondary N) is 1. The molecule has 0 saturated carbocycles. The maximum atomic E-state index is 12.6. The Morgan fingerprint density at radius 3 is 2.87 bits per heavy atom. The van der Waals surface area contributed by atoms with Crippen LogP contribution in [0.3, 0.4) is 0 Å². The summed E-state index contributed by atoms with van der Waals surface area (Å²) in [5.74, 6) is 1.10. The summed E-state index contributed by atoms with van der Waals surface area (Å²) in [4.78, 5) is 14.4. The number of aliphatic hydroxyl groups is 1. The third kappa shape index (κ3) is 3.85. The molecule has 3 rings (SSSR count). The summed E-state index contributed by atoms with van der Waals surface area (Å²) in [7, 11) is 0. The van der Waals surface area contributed by atoms with Gasteiger partial charge in [-0.05, 0) is 50.9 Å². The predicted molar refractivity (Wildman–Crippen MR) is 88.4 cm³/mol. The van der Waals surface area contributed by atoms with Gasteiger partial charge in [0.05, 0.1) is 6.54 Å². The molecule has 5 nitrogen and oxygen atoms in total. The lowest BCUT2D eigenvalue weighted by molar-refractivity contribution is -0.136. The maximum Gasteiger partial charge on any atom is 0.225 e. The Balaban J connectivity index is 1.55. The van der Waals surface area contributed by atoms with Gasteiger partial charge in [-0.15, -0.1) is 0 Å². The summed E-state index contributed by atoms with van der Waals surface area (Å²) in [6.07, 6.45) is 2.37. The molecule has 0 aromatic heterocycles. The van der Waals surface area contributed by atoms with Crippen molar-refractivity contribution in [2.75, 3.05) is 32.8 Å². The van der Waals surface area contributed by atoms with Gasteiger partial charge in [0.25, 0.3) is 0 Å². The van der Waals surface area contributed by atoms with Crippen LogP contribution < -0.4 is 10.1 Å². The van der Waals surface area contributed by atoms with Crippen molar-refractivity contribution < 1.29 is 14.6 Å². The van der Waals surface area contributed by atoms with Gasteiger partial charge in [0.15, 0.2) is 0 Å². The second-order valence-corrected chi connectivity index (χ2v) is 6.81. The number of carbonyl (C=O) groups excluding carboxylic acids is 1. The number of ether oxygens (including phenoxy) is 1. The van der Waals surface area contributed by atoms with Gasteiger partial charge in [-0.2, -0.15) is 0 Å². The van der Waals surface area contributed by atoms with E-state index in [1.807, 2.05) is 36.1 Å². The summed E-state index contributed by atoms with van der Waals surface area (Å²) < 4.78 is 5.80. The zero-order chi connectivity index (χ0) is 16.3. The van der Waals surface area contributed by atoms with E-state index in [-0.39, 0.29) is 18.4 Å². The number of para-hydroxylation sites is 1. The Morgan fingerprint density at radius 1 is 1.39 bits per heavy atom. The summed E-state index contributed by atoms with van der Waals surface area (Å²) >= 11 is 0. The molecule has 1 aromatic carbocycles. The minimum absolute atomic E-state index is 0.107. The maximum absolute atomic E-state index is 12.6. The SMILES string of the molecule is Cc1ccccc1OC[C@]1(O)CCN(C(=O)C2CCNCC2)C1. The summed E-state index contributed by atoms with van der Waals surface area (Å²) in [6, 6.07) is 7.78. The average Bonchev–Trinajstić information content (AvgIpc) is 2.97. The molecular weight excluding hydrogens is 292 g/mol. The van der Waals surface area contributed by atoms with Crippen molar-refractivity contribution in [2.45, 2.75) is 31.8 Å². The van der Waals surface area contributed by atoms with Crippen molar-refractivity contribution in [3.05, 3.63) is 29.8 Å². The first-order valence-electron chi connectivity index (χ1n) is 8.48. The van der Waals surface area contributed by atoms with E-state index in [4.69, 9.17) is 4.74 Å². The van der Waals surface area contributed by atoms with E-state index in [0.717, 1.165) is 37.2 Å². The van der Waals surface area contributed by atoms with Gasteiger partial charge in [-0.3, -0.25) is 4.79 Å². The monoisotopic (exact) mass is 318 g/mol. The van der Waals surface area contributed by atoms with Crippen LogP contribution in [0, 0.1) is 12.8 Å². The van der Waals surface area contributed by atoms with E-state index in [2.05, 4.69) is 5.32 Å². The number of carbonyl (C=O) groups is 1. The minimum Gasteiger partial charge on any atom is -0.490 e. The predicted octanol–water partition coefficient (Wildman–Crippen LogP) is 1.34. The van der Waals surface area contributed by atoms with Crippen molar-refractivity contribution >= 4 is 5.91 Å². The Bertz CT molecular complexity index is 557. The van der Waals surface area contributed by atoms with Crippen molar-refractivity contribution in [3.63, 3.8) is 0 Å².